The van der Waals surface area contributed by atoms with Crippen LogP contribution in [0.25, 0.3) is 0 Å². The van der Waals surface area contributed by atoms with Crippen molar-refractivity contribution in [1.82, 2.24) is 9.88 Å². The average molecular weight is 407 g/mol. The topological polar surface area (TPSA) is 54.3 Å². The van der Waals surface area contributed by atoms with Crippen LogP contribution >= 0.6 is 0 Å². The van der Waals surface area contributed by atoms with Crippen molar-refractivity contribution in [3.63, 3.8) is 0 Å². The van der Waals surface area contributed by atoms with Gasteiger partial charge in [-0.05, 0) is 61.9 Å². The van der Waals surface area contributed by atoms with E-state index in [-0.39, 0.29) is 11.9 Å². The molecule has 2 aromatic carbocycles. The number of fused-ring (bicyclic) bond motifs is 1. The molecule has 3 aromatic rings. The molecule has 0 fully saturated rings. The van der Waals surface area contributed by atoms with Crippen LogP contribution in [0.1, 0.15) is 62.9 Å². The number of hydrogen-bond acceptors (Lipinski definition) is 2. The van der Waals surface area contributed by atoms with E-state index in [4.69, 9.17) is 0 Å². The summed E-state index contributed by atoms with van der Waals surface area (Å²) >= 11 is 0. The fraction of sp³-hybridized carbons (Fsp3) is 0.320. The van der Waals surface area contributed by atoms with E-state index in [1.165, 1.54) is 23.3 Å². The number of nitrogens with one attached hydrogen (secondary N) is 1. The van der Waals surface area contributed by atoms with Gasteiger partial charge in [0, 0.05) is 36.1 Å². The Morgan fingerprint density at radius 2 is 1.87 bits per heavy atom. The van der Waals surface area contributed by atoms with E-state index < -0.39 is 5.97 Å². The Labute approximate surface area is 176 Å². The lowest BCUT2D eigenvalue weighted by molar-refractivity contribution is 0.0694. The van der Waals surface area contributed by atoms with E-state index in [0.717, 1.165) is 41.8 Å². The number of carboxylic acid groups (broad SMARTS) is 1. The Balaban J connectivity index is 1.62. The monoisotopic (exact) mass is 406 g/mol. The Morgan fingerprint density at radius 3 is 2.60 bits per heavy atom. The lowest BCUT2D eigenvalue weighted by Crippen LogP contribution is -2.25. The van der Waals surface area contributed by atoms with E-state index in [1.54, 1.807) is 12.1 Å². The molecular formula is C25H27FN2O2. The van der Waals surface area contributed by atoms with E-state index in [0.29, 0.717) is 18.7 Å². The summed E-state index contributed by atoms with van der Waals surface area (Å²) in [5.74, 6) is -1.18. The zero-order valence-electron chi connectivity index (χ0n) is 17.4. The van der Waals surface area contributed by atoms with Gasteiger partial charge in [0.05, 0.1) is 5.56 Å². The van der Waals surface area contributed by atoms with Crippen molar-refractivity contribution in [1.29, 1.82) is 0 Å². The fourth-order valence-electron chi connectivity index (χ4n) is 4.65. The number of halogens is 1. The van der Waals surface area contributed by atoms with Crippen LogP contribution in [0.2, 0.25) is 0 Å². The molecule has 0 bridgehead atoms. The van der Waals surface area contributed by atoms with Gasteiger partial charge in [-0.2, -0.15) is 0 Å². The van der Waals surface area contributed by atoms with Crippen LogP contribution in [-0.4, -0.2) is 15.6 Å². The van der Waals surface area contributed by atoms with Gasteiger partial charge in [0.1, 0.15) is 5.82 Å². The van der Waals surface area contributed by atoms with Gasteiger partial charge in [0.25, 0.3) is 0 Å². The number of aromatic carboxylic acids is 1. The molecule has 1 aromatic heterocycles. The average Bonchev–Trinajstić information content (AvgIpc) is 2.98. The van der Waals surface area contributed by atoms with Gasteiger partial charge in [0.15, 0.2) is 0 Å². The summed E-state index contributed by atoms with van der Waals surface area (Å²) in [6.07, 6.45) is 3.28. The zero-order chi connectivity index (χ0) is 21.3. The molecule has 1 atom stereocenters. The van der Waals surface area contributed by atoms with Crippen LogP contribution < -0.4 is 5.32 Å². The Kier molecular flexibility index (Phi) is 5.73. The van der Waals surface area contributed by atoms with Crippen molar-refractivity contribution in [3.05, 3.63) is 93.6 Å². The highest BCUT2D eigenvalue weighted by Gasteiger charge is 2.25. The third-order valence-electron chi connectivity index (χ3n) is 6.27. The molecule has 1 aliphatic rings. The highest BCUT2D eigenvalue weighted by atomic mass is 19.1. The normalized spacial score (nSPS) is 15.8. The molecule has 1 heterocycles. The Bertz CT molecular complexity index is 1070. The third-order valence-corrected chi connectivity index (χ3v) is 6.27. The summed E-state index contributed by atoms with van der Waals surface area (Å²) in [5.41, 5.74) is 6.49. The van der Waals surface area contributed by atoms with E-state index in [9.17, 15) is 14.3 Å². The Morgan fingerprint density at radius 1 is 1.13 bits per heavy atom. The van der Waals surface area contributed by atoms with Crippen molar-refractivity contribution in [2.45, 2.75) is 52.2 Å². The smallest absolute Gasteiger partial charge is 0.337 e. The van der Waals surface area contributed by atoms with Crippen LogP contribution in [0.3, 0.4) is 0 Å². The maximum Gasteiger partial charge on any atom is 0.337 e. The number of rotatable bonds is 6. The molecule has 0 spiro atoms. The molecule has 0 radical (unpaired) electrons. The first-order chi connectivity index (χ1) is 14.5. The maximum atomic E-state index is 13.2. The van der Waals surface area contributed by atoms with Crippen LogP contribution in [0.5, 0.6) is 0 Å². The van der Waals surface area contributed by atoms with E-state index in [2.05, 4.69) is 29.6 Å². The number of benzene rings is 2. The maximum absolute atomic E-state index is 13.2. The van der Waals surface area contributed by atoms with Crippen LogP contribution in [-0.2, 0) is 19.5 Å². The highest BCUT2D eigenvalue weighted by Crippen LogP contribution is 2.31. The molecule has 0 saturated carbocycles. The molecule has 156 valence electrons. The SMILES string of the molecule is Cc1c(CN[C@@H]2CCCc3ccccc32)c(C(=O)O)c(C)n1Cc1ccc(F)cc1. The quantitative estimate of drug-likeness (QED) is 0.595. The van der Waals surface area contributed by atoms with Gasteiger partial charge < -0.3 is 15.0 Å². The number of hydrogen-bond donors (Lipinski definition) is 2. The van der Waals surface area contributed by atoms with Gasteiger partial charge in [-0.25, -0.2) is 9.18 Å². The van der Waals surface area contributed by atoms with Gasteiger partial charge in [-0.3, -0.25) is 0 Å². The minimum atomic E-state index is -0.908. The second-order valence-corrected chi connectivity index (χ2v) is 8.07. The van der Waals surface area contributed by atoms with Gasteiger partial charge in [-0.15, -0.1) is 0 Å². The first kappa shape index (κ1) is 20.4. The standard InChI is InChI=1S/C25H27FN2O2/c1-16-22(14-27-23-9-5-7-19-6-3-4-8-21(19)23)24(25(29)30)17(2)28(16)15-18-10-12-20(26)13-11-18/h3-4,6,8,10-13,23,27H,5,7,9,14-15H2,1-2H3,(H,29,30)/t23-/m1/s1. The summed E-state index contributed by atoms with van der Waals surface area (Å²) in [6.45, 7) is 4.84. The summed E-state index contributed by atoms with van der Waals surface area (Å²) in [6, 6.07) is 15.1. The first-order valence-electron chi connectivity index (χ1n) is 10.4. The predicted octanol–water partition coefficient (Wildman–Crippen LogP) is 5.16. The molecule has 0 saturated heterocycles. The molecule has 4 nitrogen and oxygen atoms in total. The molecule has 30 heavy (non-hydrogen) atoms. The van der Waals surface area contributed by atoms with E-state index >= 15 is 0 Å². The molecule has 0 unspecified atom stereocenters. The predicted molar refractivity (Wildman–Crippen MR) is 115 cm³/mol. The lowest BCUT2D eigenvalue weighted by atomic mass is 9.87. The molecule has 0 aliphatic heterocycles. The minimum Gasteiger partial charge on any atom is -0.478 e. The first-order valence-corrected chi connectivity index (χ1v) is 10.4. The van der Waals surface area contributed by atoms with Crippen molar-refractivity contribution in [3.8, 4) is 0 Å². The van der Waals surface area contributed by atoms with Gasteiger partial charge in [0.2, 0.25) is 0 Å². The van der Waals surface area contributed by atoms with Gasteiger partial charge in [-0.1, -0.05) is 36.4 Å². The molecule has 0 amide bonds. The summed E-state index contributed by atoms with van der Waals surface area (Å²) in [7, 11) is 0. The number of carbonyl (C=O) groups is 1. The largest absolute Gasteiger partial charge is 0.478 e. The van der Waals surface area contributed by atoms with Crippen molar-refractivity contribution >= 4 is 5.97 Å². The Hall–Kier alpha value is -2.92. The molecule has 1 aliphatic carbocycles. The van der Waals surface area contributed by atoms with Crippen LogP contribution in [0.4, 0.5) is 4.39 Å². The van der Waals surface area contributed by atoms with Gasteiger partial charge >= 0.3 is 5.97 Å². The summed E-state index contributed by atoms with van der Waals surface area (Å²) in [4.78, 5) is 12.1. The number of aromatic nitrogens is 1. The molecular weight excluding hydrogens is 379 g/mol. The number of nitrogens with zero attached hydrogens (tertiary/aromatic N) is 1. The zero-order valence-corrected chi connectivity index (χ0v) is 17.4. The number of aryl methyl sites for hydroxylation is 1. The fourth-order valence-corrected chi connectivity index (χ4v) is 4.65. The second-order valence-electron chi connectivity index (χ2n) is 8.07. The minimum absolute atomic E-state index is 0.233. The summed E-state index contributed by atoms with van der Waals surface area (Å²) < 4.78 is 15.3. The molecule has 5 heteroatoms. The summed E-state index contributed by atoms with van der Waals surface area (Å²) in [5, 5.41) is 13.5. The third kappa shape index (κ3) is 3.90. The molecule has 4 rings (SSSR count). The van der Waals surface area contributed by atoms with Crippen molar-refractivity contribution in [2.75, 3.05) is 0 Å². The van der Waals surface area contributed by atoms with E-state index in [1.807, 2.05) is 18.4 Å². The van der Waals surface area contributed by atoms with Crippen molar-refractivity contribution < 1.29 is 14.3 Å². The lowest BCUT2D eigenvalue weighted by Gasteiger charge is -2.26. The van der Waals surface area contributed by atoms with Crippen molar-refractivity contribution in [2.24, 2.45) is 0 Å². The second kappa shape index (κ2) is 8.44. The van der Waals surface area contributed by atoms with Crippen LogP contribution in [0.15, 0.2) is 48.5 Å². The molecule has 2 N–H and O–H groups in total. The highest BCUT2D eigenvalue weighted by molar-refractivity contribution is 5.91. The number of carboxylic acids is 1. The van der Waals surface area contributed by atoms with Crippen LogP contribution in [0, 0.1) is 19.7 Å².